The van der Waals surface area contributed by atoms with Crippen LogP contribution in [0.15, 0.2) is 24.5 Å². The molecule has 0 aliphatic heterocycles. The van der Waals surface area contributed by atoms with E-state index in [1.807, 2.05) is 6.20 Å². The number of carbonyl (C=O) groups is 1. The second kappa shape index (κ2) is 8.15. The van der Waals surface area contributed by atoms with Crippen molar-refractivity contribution in [3.05, 3.63) is 40.0 Å². The van der Waals surface area contributed by atoms with Gasteiger partial charge in [-0.15, -0.1) is 17.8 Å². The van der Waals surface area contributed by atoms with Gasteiger partial charge in [-0.3, -0.25) is 4.79 Å². The van der Waals surface area contributed by atoms with Crippen molar-refractivity contribution in [3.63, 3.8) is 0 Å². The number of amides is 1. The van der Waals surface area contributed by atoms with E-state index >= 15 is 0 Å². The summed E-state index contributed by atoms with van der Waals surface area (Å²) in [7, 11) is 0. The van der Waals surface area contributed by atoms with E-state index in [9.17, 15) is 4.79 Å². The van der Waals surface area contributed by atoms with Crippen LogP contribution in [0, 0.1) is 12.3 Å². The van der Waals surface area contributed by atoms with Gasteiger partial charge < -0.3 is 10.6 Å². The Morgan fingerprint density at radius 3 is 2.86 bits per heavy atom. The Hall–Kier alpha value is -2.39. The van der Waals surface area contributed by atoms with Gasteiger partial charge in [0, 0.05) is 30.2 Å². The average Bonchev–Trinajstić information content (AvgIpc) is 3.01. The number of hydrogen-bond donors (Lipinski definition) is 2. The lowest BCUT2D eigenvalue weighted by Gasteiger charge is -2.05. The summed E-state index contributed by atoms with van der Waals surface area (Å²) in [6, 6.07) is 3.50. The Balaban J connectivity index is 1.81. The zero-order valence-corrected chi connectivity index (χ0v) is 13.2. The zero-order chi connectivity index (χ0) is 15.8. The van der Waals surface area contributed by atoms with Crippen molar-refractivity contribution >= 4 is 23.1 Å². The monoisotopic (exact) mass is 314 g/mol. The number of pyridine rings is 1. The van der Waals surface area contributed by atoms with Crippen LogP contribution in [0.1, 0.15) is 27.2 Å². The van der Waals surface area contributed by atoms with E-state index in [1.54, 1.807) is 23.5 Å². The normalized spacial score (nSPS) is 10.0. The Morgan fingerprint density at radius 2 is 2.23 bits per heavy atom. The van der Waals surface area contributed by atoms with E-state index in [1.165, 1.54) is 11.1 Å². The molecule has 1 amide bonds. The minimum absolute atomic E-state index is 0.215. The predicted molar refractivity (Wildman–Crippen MR) is 89.1 cm³/mol. The molecule has 0 bridgehead atoms. The third kappa shape index (κ3) is 4.57. The highest BCUT2D eigenvalue weighted by molar-refractivity contribution is 7.11. The summed E-state index contributed by atoms with van der Waals surface area (Å²) in [6.45, 7) is 3.10. The summed E-state index contributed by atoms with van der Waals surface area (Å²) >= 11 is 1.74. The van der Waals surface area contributed by atoms with Crippen LogP contribution >= 0.6 is 11.3 Å². The maximum atomic E-state index is 11.7. The summed E-state index contributed by atoms with van der Waals surface area (Å²) in [5, 5.41) is 6.94. The van der Waals surface area contributed by atoms with Crippen molar-refractivity contribution < 1.29 is 4.79 Å². The molecular formula is C16H18N4OS. The molecule has 0 fully saturated rings. The Bertz CT molecular complexity index is 658. The van der Waals surface area contributed by atoms with E-state index in [4.69, 9.17) is 6.42 Å². The van der Waals surface area contributed by atoms with Crippen LogP contribution in [-0.4, -0.2) is 29.0 Å². The molecule has 0 atom stereocenters. The van der Waals surface area contributed by atoms with Crippen LogP contribution in [0.5, 0.6) is 0 Å². The molecule has 0 saturated carbocycles. The van der Waals surface area contributed by atoms with Crippen molar-refractivity contribution in [2.24, 2.45) is 0 Å². The van der Waals surface area contributed by atoms with Crippen LogP contribution in [0.3, 0.4) is 0 Å². The lowest BCUT2D eigenvalue weighted by molar-refractivity contribution is 0.0958. The second-order valence-electron chi connectivity index (χ2n) is 4.57. The number of nitrogens with one attached hydrogen (secondary N) is 2. The SMILES string of the molecule is C#CCNC(=O)c1ccc(NCCc2ncc(CC)s2)nc1. The molecule has 0 aliphatic carbocycles. The lowest BCUT2D eigenvalue weighted by atomic mass is 10.2. The molecule has 0 spiro atoms. The summed E-state index contributed by atoms with van der Waals surface area (Å²) in [4.78, 5) is 21.6. The van der Waals surface area contributed by atoms with Crippen LogP contribution in [0.25, 0.3) is 0 Å². The molecule has 0 aromatic carbocycles. The first-order valence-corrected chi connectivity index (χ1v) is 7.89. The quantitative estimate of drug-likeness (QED) is 0.768. The first-order valence-electron chi connectivity index (χ1n) is 7.08. The molecule has 2 N–H and O–H groups in total. The standard InChI is InChI=1S/C16H18N4OS/c1-3-8-18-16(21)12-5-6-14(19-10-12)17-9-7-15-20-11-13(4-2)22-15/h1,5-6,10-11H,4,7-9H2,2H3,(H,17,19)(H,18,21). The number of hydrogen-bond acceptors (Lipinski definition) is 5. The fraction of sp³-hybridized carbons (Fsp3) is 0.312. The molecule has 0 aliphatic rings. The molecule has 2 heterocycles. The van der Waals surface area contributed by atoms with Gasteiger partial charge in [-0.2, -0.15) is 0 Å². The fourth-order valence-corrected chi connectivity index (χ4v) is 2.65. The fourth-order valence-electron chi connectivity index (χ4n) is 1.79. The molecule has 0 unspecified atom stereocenters. The maximum Gasteiger partial charge on any atom is 0.253 e. The Kier molecular flexibility index (Phi) is 5.92. The van der Waals surface area contributed by atoms with Gasteiger partial charge in [0.1, 0.15) is 5.82 Å². The number of thiazole rings is 1. The van der Waals surface area contributed by atoms with Crippen LogP contribution in [0.2, 0.25) is 0 Å². The summed E-state index contributed by atoms with van der Waals surface area (Å²) in [6.07, 6.45) is 10.4. The van der Waals surface area contributed by atoms with E-state index in [0.29, 0.717) is 5.56 Å². The van der Waals surface area contributed by atoms with Gasteiger partial charge in [-0.25, -0.2) is 9.97 Å². The van der Waals surface area contributed by atoms with Gasteiger partial charge in [0.25, 0.3) is 5.91 Å². The topological polar surface area (TPSA) is 66.9 Å². The molecule has 2 rings (SSSR count). The van der Waals surface area contributed by atoms with Gasteiger partial charge >= 0.3 is 0 Å². The van der Waals surface area contributed by atoms with Crippen molar-refractivity contribution in [1.82, 2.24) is 15.3 Å². The number of anilines is 1. The lowest BCUT2D eigenvalue weighted by Crippen LogP contribution is -2.23. The van der Waals surface area contributed by atoms with E-state index < -0.39 is 0 Å². The largest absolute Gasteiger partial charge is 0.370 e. The summed E-state index contributed by atoms with van der Waals surface area (Å²) < 4.78 is 0. The highest BCUT2D eigenvalue weighted by Gasteiger charge is 2.05. The van der Waals surface area contributed by atoms with E-state index in [-0.39, 0.29) is 12.5 Å². The van der Waals surface area contributed by atoms with Crippen LogP contribution in [-0.2, 0) is 12.8 Å². The first kappa shape index (κ1) is 16.0. The minimum Gasteiger partial charge on any atom is -0.370 e. The minimum atomic E-state index is -0.216. The molecule has 2 aromatic heterocycles. The highest BCUT2D eigenvalue weighted by atomic mass is 32.1. The van der Waals surface area contributed by atoms with E-state index in [0.717, 1.165) is 30.2 Å². The van der Waals surface area contributed by atoms with Crippen LogP contribution < -0.4 is 10.6 Å². The molecule has 2 aromatic rings. The second-order valence-corrected chi connectivity index (χ2v) is 5.77. The summed E-state index contributed by atoms with van der Waals surface area (Å²) in [5.41, 5.74) is 0.494. The average molecular weight is 314 g/mol. The van der Waals surface area contributed by atoms with Crippen molar-refractivity contribution in [1.29, 1.82) is 0 Å². The number of carbonyl (C=O) groups excluding carboxylic acids is 1. The predicted octanol–water partition coefficient (Wildman–Crippen LogP) is 2.12. The molecule has 6 heteroatoms. The van der Waals surface area contributed by atoms with Gasteiger partial charge in [0.05, 0.1) is 17.1 Å². The number of nitrogens with zero attached hydrogens (tertiary/aromatic N) is 2. The van der Waals surface area contributed by atoms with Gasteiger partial charge in [-0.05, 0) is 18.6 Å². The van der Waals surface area contributed by atoms with Gasteiger partial charge in [0.15, 0.2) is 0 Å². The summed E-state index contributed by atoms with van der Waals surface area (Å²) in [5.74, 6) is 2.88. The first-order chi connectivity index (χ1) is 10.7. The molecule has 0 saturated heterocycles. The molecule has 22 heavy (non-hydrogen) atoms. The Labute approximate surface area is 134 Å². The van der Waals surface area contributed by atoms with Gasteiger partial charge in [0.2, 0.25) is 0 Å². The van der Waals surface area contributed by atoms with Crippen molar-refractivity contribution in [3.8, 4) is 12.3 Å². The maximum absolute atomic E-state index is 11.7. The molecule has 5 nitrogen and oxygen atoms in total. The Morgan fingerprint density at radius 1 is 1.36 bits per heavy atom. The molecular weight excluding hydrogens is 296 g/mol. The third-order valence-electron chi connectivity index (χ3n) is 2.97. The number of terminal acetylenes is 1. The smallest absolute Gasteiger partial charge is 0.253 e. The van der Waals surface area contributed by atoms with E-state index in [2.05, 4.69) is 33.4 Å². The van der Waals surface area contributed by atoms with Gasteiger partial charge in [-0.1, -0.05) is 12.8 Å². The number of aromatic nitrogens is 2. The molecule has 0 radical (unpaired) electrons. The third-order valence-corrected chi connectivity index (χ3v) is 4.17. The number of rotatable bonds is 7. The molecule has 114 valence electrons. The van der Waals surface area contributed by atoms with Crippen molar-refractivity contribution in [2.75, 3.05) is 18.4 Å². The highest BCUT2D eigenvalue weighted by Crippen LogP contribution is 2.14. The van der Waals surface area contributed by atoms with Crippen LogP contribution in [0.4, 0.5) is 5.82 Å². The van der Waals surface area contributed by atoms with Crippen molar-refractivity contribution in [2.45, 2.75) is 19.8 Å². The zero-order valence-electron chi connectivity index (χ0n) is 12.4. The number of aryl methyl sites for hydroxylation is 1.